The Labute approximate surface area is 194 Å². The molecule has 0 saturated heterocycles. The second-order valence-corrected chi connectivity index (χ2v) is 6.92. The molecule has 1 heterocycles. The molecule has 2 aromatic carbocycles. The second-order valence-electron chi connectivity index (χ2n) is 6.49. The third kappa shape index (κ3) is 6.09. The second kappa shape index (κ2) is 11.1. The highest BCUT2D eigenvalue weighted by Crippen LogP contribution is 2.38. The lowest BCUT2D eigenvalue weighted by molar-refractivity contribution is -0.385. The molecule has 0 aliphatic heterocycles. The molecule has 0 aliphatic rings. The molecule has 3 rings (SSSR count). The van der Waals surface area contributed by atoms with Gasteiger partial charge in [-0.3, -0.25) is 14.9 Å². The number of amides is 1. The summed E-state index contributed by atoms with van der Waals surface area (Å²) in [5.41, 5.74) is 0.343. The molecule has 10 nitrogen and oxygen atoms in total. The van der Waals surface area contributed by atoms with Crippen LogP contribution in [0.3, 0.4) is 0 Å². The zero-order valence-electron chi connectivity index (χ0n) is 17.7. The lowest BCUT2D eigenvalue weighted by Gasteiger charge is -2.13. The van der Waals surface area contributed by atoms with Crippen LogP contribution in [0.4, 0.5) is 11.4 Å². The summed E-state index contributed by atoms with van der Waals surface area (Å²) in [6, 6.07) is 11.8. The number of anilines is 1. The Morgan fingerprint density at radius 3 is 2.61 bits per heavy atom. The van der Waals surface area contributed by atoms with Crippen LogP contribution in [0, 0.1) is 10.1 Å². The molecule has 0 saturated carbocycles. The third-order valence-corrected chi connectivity index (χ3v) is 4.54. The van der Waals surface area contributed by atoms with Crippen molar-refractivity contribution in [3.8, 4) is 23.1 Å². The van der Waals surface area contributed by atoms with Crippen LogP contribution in [0.5, 0.6) is 23.1 Å². The number of pyridine rings is 1. The van der Waals surface area contributed by atoms with Crippen LogP contribution < -0.4 is 19.5 Å². The van der Waals surface area contributed by atoms with Crippen molar-refractivity contribution >= 4 is 28.9 Å². The van der Waals surface area contributed by atoms with Crippen molar-refractivity contribution < 1.29 is 28.7 Å². The van der Waals surface area contributed by atoms with Gasteiger partial charge in [0.2, 0.25) is 11.6 Å². The monoisotopic (exact) mass is 473 g/mol. The van der Waals surface area contributed by atoms with Crippen molar-refractivity contribution in [2.75, 3.05) is 32.8 Å². The van der Waals surface area contributed by atoms with E-state index in [1.165, 1.54) is 43.5 Å². The van der Waals surface area contributed by atoms with Crippen LogP contribution in [0.15, 0.2) is 54.7 Å². The van der Waals surface area contributed by atoms with Gasteiger partial charge in [0.05, 0.1) is 18.6 Å². The summed E-state index contributed by atoms with van der Waals surface area (Å²) < 4.78 is 21.5. The van der Waals surface area contributed by atoms with Gasteiger partial charge in [0.25, 0.3) is 5.91 Å². The summed E-state index contributed by atoms with van der Waals surface area (Å²) in [6.45, 7) is 0.640. The number of carbonyl (C=O) groups excluding carboxylic acids is 1. The molecule has 0 atom stereocenters. The van der Waals surface area contributed by atoms with Gasteiger partial charge in [-0.1, -0.05) is 11.6 Å². The van der Waals surface area contributed by atoms with Gasteiger partial charge in [-0.05, 0) is 42.5 Å². The van der Waals surface area contributed by atoms with Crippen molar-refractivity contribution in [3.05, 3.63) is 75.4 Å². The number of carbonyl (C=O) groups is 1. The number of rotatable bonds is 10. The summed E-state index contributed by atoms with van der Waals surface area (Å²) in [5, 5.41) is 14.2. The Kier molecular flexibility index (Phi) is 8.01. The molecule has 0 bridgehead atoms. The van der Waals surface area contributed by atoms with E-state index in [0.717, 1.165) is 0 Å². The highest BCUT2D eigenvalue weighted by molar-refractivity contribution is 6.30. The van der Waals surface area contributed by atoms with E-state index in [1.54, 1.807) is 25.4 Å². The van der Waals surface area contributed by atoms with Crippen molar-refractivity contribution in [2.24, 2.45) is 0 Å². The quantitative estimate of drug-likeness (QED) is 0.255. The molecule has 0 aliphatic carbocycles. The average molecular weight is 474 g/mol. The van der Waals surface area contributed by atoms with E-state index in [9.17, 15) is 14.9 Å². The van der Waals surface area contributed by atoms with Crippen LogP contribution in [-0.2, 0) is 4.74 Å². The average Bonchev–Trinajstić information content (AvgIpc) is 2.81. The molecule has 1 amide bonds. The predicted octanol–water partition coefficient (Wildman–Crippen LogP) is 4.72. The van der Waals surface area contributed by atoms with E-state index in [2.05, 4.69) is 10.3 Å². The molecule has 3 aromatic rings. The summed E-state index contributed by atoms with van der Waals surface area (Å²) >= 11 is 5.84. The lowest BCUT2D eigenvalue weighted by Crippen LogP contribution is -2.14. The van der Waals surface area contributed by atoms with E-state index in [-0.39, 0.29) is 46.0 Å². The number of ether oxygens (including phenoxy) is 4. The molecule has 33 heavy (non-hydrogen) atoms. The molecular formula is C22H20ClN3O7. The zero-order chi connectivity index (χ0) is 23.8. The number of benzene rings is 2. The Bertz CT molecular complexity index is 1160. The summed E-state index contributed by atoms with van der Waals surface area (Å²) in [6.07, 6.45) is 1.54. The number of nitro benzene ring substituents is 1. The molecule has 0 spiro atoms. The molecule has 172 valence electrons. The standard InChI is InChI=1S/C22H20ClN3O7/c1-30-10-11-32-22-16(4-3-9-24-22)25-21(27)14-5-7-19(20(12-14)31-2)33-18-8-6-15(23)13-17(18)26(28)29/h3-9,12-13H,10-11H2,1-2H3,(H,25,27). The van der Waals surface area contributed by atoms with Gasteiger partial charge in [-0.25, -0.2) is 4.98 Å². The fraction of sp³-hybridized carbons (Fsp3) is 0.182. The van der Waals surface area contributed by atoms with Crippen LogP contribution in [0.2, 0.25) is 5.02 Å². The van der Waals surface area contributed by atoms with E-state index in [0.29, 0.717) is 12.3 Å². The van der Waals surface area contributed by atoms with Crippen molar-refractivity contribution in [3.63, 3.8) is 0 Å². The van der Waals surface area contributed by atoms with Crippen molar-refractivity contribution in [1.29, 1.82) is 0 Å². The van der Waals surface area contributed by atoms with Crippen LogP contribution >= 0.6 is 11.6 Å². The Hall–Kier alpha value is -3.89. The number of hydrogen-bond acceptors (Lipinski definition) is 8. The first kappa shape index (κ1) is 23.8. The number of nitro groups is 1. The normalized spacial score (nSPS) is 10.4. The molecular weight excluding hydrogens is 454 g/mol. The maximum absolute atomic E-state index is 12.8. The van der Waals surface area contributed by atoms with Crippen LogP contribution in [0.1, 0.15) is 10.4 Å². The van der Waals surface area contributed by atoms with Gasteiger partial charge in [0.15, 0.2) is 11.5 Å². The van der Waals surface area contributed by atoms with E-state index >= 15 is 0 Å². The molecule has 1 N–H and O–H groups in total. The maximum Gasteiger partial charge on any atom is 0.313 e. The molecule has 0 fully saturated rings. The van der Waals surface area contributed by atoms with Gasteiger partial charge in [-0.2, -0.15) is 0 Å². The third-order valence-electron chi connectivity index (χ3n) is 4.31. The highest BCUT2D eigenvalue weighted by Gasteiger charge is 2.19. The molecule has 0 radical (unpaired) electrons. The minimum atomic E-state index is -0.601. The van der Waals surface area contributed by atoms with E-state index in [1.807, 2.05) is 0 Å². The zero-order valence-corrected chi connectivity index (χ0v) is 18.5. The minimum absolute atomic E-state index is 0.0203. The fourth-order valence-corrected chi connectivity index (χ4v) is 2.91. The Morgan fingerprint density at radius 2 is 1.88 bits per heavy atom. The highest BCUT2D eigenvalue weighted by atomic mass is 35.5. The number of hydrogen-bond donors (Lipinski definition) is 1. The van der Waals surface area contributed by atoms with E-state index < -0.39 is 10.8 Å². The van der Waals surface area contributed by atoms with Gasteiger partial charge < -0.3 is 24.3 Å². The fourth-order valence-electron chi connectivity index (χ4n) is 2.75. The Morgan fingerprint density at radius 1 is 1.09 bits per heavy atom. The van der Waals surface area contributed by atoms with Crippen molar-refractivity contribution in [2.45, 2.75) is 0 Å². The van der Waals surface area contributed by atoms with Gasteiger partial charge in [-0.15, -0.1) is 0 Å². The first-order valence-corrected chi connectivity index (χ1v) is 9.98. The van der Waals surface area contributed by atoms with E-state index in [4.69, 9.17) is 30.5 Å². The molecule has 11 heteroatoms. The predicted molar refractivity (Wildman–Crippen MR) is 121 cm³/mol. The number of nitrogens with one attached hydrogen (secondary N) is 1. The SMILES string of the molecule is COCCOc1ncccc1NC(=O)c1ccc(Oc2ccc(Cl)cc2[N+](=O)[O-])c(OC)c1. The first-order chi connectivity index (χ1) is 15.9. The smallest absolute Gasteiger partial charge is 0.313 e. The number of nitrogens with zero attached hydrogens (tertiary/aromatic N) is 2. The first-order valence-electron chi connectivity index (χ1n) is 9.61. The number of halogens is 1. The lowest BCUT2D eigenvalue weighted by atomic mass is 10.2. The molecule has 1 aromatic heterocycles. The summed E-state index contributed by atoms with van der Waals surface area (Å²) in [4.78, 5) is 27.6. The summed E-state index contributed by atoms with van der Waals surface area (Å²) in [5.74, 6) is 0.180. The number of methoxy groups -OCH3 is 2. The van der Waals surface area contributed by atoms with Crippen LogP contribution in [-0.4, -0.2) is 43.2 Å². The maximum atomic E-state index is 12.8. The van der Waals surface area contributed by atoms with Gasteiger partial charge in [0, 0.05) is 30.0 Å². The van der Waals surface area contributed by atoms with Crippen molar-refractivity contribution in [1.82, 2.24) is 4.98 Å². The minimum Gasteiger partial charge on any atom is -0.493 e. The topological polar surface area (TPSA) is 122 Å². The number of aromatic nitrogens is 1. The van der Waals surface area contributed by atoms with Crippen LogP contribution in [0.25, 0.3) is 0 Å². The Balaban J connectivity index is 1.81. The van der Waals surface area contributed by atoms with Gasteiger partial charge in [0.1, 0.15) is 12.3 Å². The molecule has 0 unspecified atom stereocenters. The summed E-state index contributed by atoms with van der Waals surface area (Å²) in [7, 11) is 2.94. The van der Waals surface area contributed by atoms with Gasteiger partial charge >= 0.3 is 5.69 Å². The largest absolute Gasteiger partial charge is 0.493 e.